The highest BCUT2D eigenvalue weighted by Gasteiger charge is 2.44. The minimum absolute atomic E-state index is 0.0239. The van der Waals surface area contributed by atoms with Crippen LogP contribution in [0.1, 0.15) is 51.7 Å². The Bertz CT molecular complexity index is 1790. The van der Waals surface area contributed by atoms with Crippen molar-refractivity contribution in [1.82, 2.24) is 9.13 Å². The van der Waals surface area contributed by atoms with Gasteiger partial charge in [-0.1, -0.05) is 74.5 Å². The highest BCUT2D eigenvalue weighted by atomic mass is 15.0. The van der Waals surface area contributed by atoms with E-state index in [-0.39, 0.29) is 5.41 Å². The lowest BCUT2D eigenvalue weighted by atomic mass is 9.72. The molecule has 0 N–H and O–H groups in total. The monoisotopic (exact) mass is 456 g/mol. The molecule has 2 heteroatoms. The minimum atomic E-state index is 0.0239. The predicted molar refractivity (Wildman–Crippen MR) is 151 cm³/mol. The van der Waals surface area contributed by atoms with Gasteiger partial charge in [-0.05, 0) is 55.5 Å². The van der Waals surface area contributed by atoms with Gasteiger partial charge in [0, 0.05) is 56.6 Å². The first-order valence-electron chi connectivity index (χ1n) is 13.3. The maximum Gasteiger partial charge on any atom is 0.0596 e. The van der Waals surface area contributed by atoms with Crippen molar-refractivity contribution < 1.29 is 0 Å². The van der Waals surface area contributed by atoms with Gasteiger partial charge in [-0.2, -0.15) is 0 Å². The lowest BCUT2D eigenvalue weighted by Crippen LogP contribution is -2.23. The molecule has 1 aliphatic rings. The van der Waals surface area contributed by atoms with Crippen molar-refractivity contribution in [1.29, 1.82) is 0 Å². The normalized spacial score (nSPS) is 14.4. The molecule has 0 saturated carbocycles. The molecule has 4 aromatic carbocycles. The Labute approximate surface area is 206 Å². The van der Waals surface area contributed by atoms with Crippen LogP contribution in [0.2, 0.25) is 0 Å². The number of nitrogens with zero attached hydrogens (tertiary/aromatic N) is 2. The molecule has 2 nitrogen and oxygen atoms in total. The van der Waals surface area contributed by atoms with Crippen LogP contribution < -0.4 is 0 Å². The van der Waals surface area contributed by atoms with Gasteiger partial charge in [-0.15, -0.1) is 0 Å². The van der Waals surface area contributed by atoms with Crippen LogP contribution in [0.25, 0.3) is 54.7 Å². The molecule has 2 aromatic heterocycles. The van der Waals surface area contributed by atoms with Crippen molar-refractivity contribution in [2.24, 2.45) is 0 Å². The average Bonchev–Trinajstić information content (AvgIpc) is 3.52. The molecule has 0 saturated heterocycles. The lowest BCUT2D eigenvalue weighted by molar-refractivity contribution is 0.494. The summed E-state index contributed by atoms with van der Waals surface area (Å²) in [6, 6.07) is 27.4. The topological polar surface area (TPSA) is 9.86 Å². The number of fused-ring (bicyclic) bond motifs is 12. The standard InChI is InChI=1S/C33H32N2/c1-5-33(6-2)24-18-12-9-15-21(24)27-30(33)28-22-16-10-13-19-25(22)34(7-3)32(28)29-23-17-11-14-20-26(23)35(8-4)31(27)29/h9-20H,5-8H2,1-4H3. The number of benzene rings is 4. The Hall–Kier alpha value is -3.52. The Morgan fingerprint density at radius 3 is 1.77 bits per heavy atom. The molecule has 0 fully saturated rings. The van der Waals surface area contributed by atoms with Crippen molar-refractivity contribution >= 4 is 43.6 Å². The fourth-order valence-electron chi connectivity index (χ4n) is 7.50. The number of hydrogen-bond acceptors (Lipinski definition) is 0. The molecule has 6 aromatic rings. The third-order valence-electron chi connectivity index (χ3n) is 8.95. The van der Waals surface area contributed by atoms with Gasteiger partial charge in [0.1, 0.15) is 0 Å². The summed E-state index contributed by atoms with van der Waals surface area (Å²) in [7, 11) is 0. The zero-order chi connectivity index (χ0) is 23.9. The fraction of sp³-hybridized carbons (Fsp3) is 0.273. The van der Waals surface area contributed by atoms with Gasteiger partial charge in [0.2, 0.25) is 0 Å². The van der Waals surface area contributed by atoms with Gasteiger partial charge in [0.05, 0.1) is 11.0 Å². The maximum absolute atomic E-state index is 2.58. The number of rotatable bonds is 4. The van der Waals surface area contributed by atoms with Gasteiger partial charge in [-0.3, -0.25) is 0 Å². The van der Waals surface area contributed by atoms with Gasteiger partial charge in [-0.25, -0.2) is 0 Å². The Morgan fingerprint density at radius 2 is 1.14 bits per heavy atom. The third kappa shape index (κ3) is 2.31. The second-order valence-corrected chi connectivity index (χ2v) is 10.1. The summed E-state index contributed by atoms with van der Waals surface area (Å²) < 4.78 is 5.16. The van der Waals surface area contributed by atoms with Gasteiger partial charge >= 0.3 is 0 Å². The molecular weight excluding hydrogens is 424 g/mol. The first kappa shape index (κ1) is 20.8. The van der Waals surface area contributed by atoms with Gasteiger partial charge in [0.15, 0.2) is 0 Å². The highest BCUT2D eigenvalue weighted by molar-refractivity contribution is 6.30. The Kier molecular flexibility index (Phi) is 4.31. The van der Waals surface area contributed by atoms with Crippen molar-refractivity contribution in [3.05, 3.63) is 83.9 Å². The van der Waals surface area contributed by atoms with E-state index in [1.54, 1.807) is 5.56 Å². The zero-order valence-electron chi connectivity index (χ0n) is 21.2. The van der Waals surface area contributed by atoms with Crippen LogP contribution in [0.5, 0.6) is 0 Å². The minimum Gasteiger partial charge on any atom is -0.340 e. The number of aryl methyl sites for hydroxylation is 2. The van der Waals surface area contributed by atoms with E-state index in [1.807, 2.05) is 0 Å². The van der Waals surface area contributed by atoms with E-state index in [1.165, 1.54) is 60.3 Å². The molecule has 0 atom stereocenters. The van der Waals surface area contributed by atoms with E-state index in [0.29, 0.717) is 0 Å². The van der Waals surface area contributed by atoms with E-state index in [0.717, 1.165) is 25.9 Å². The molecular formula is C33H32N2. The first-order valence-corrected chi connectivity index (χ1v) is 13.3. The van der Waals surface area contributed by atoms with Gasteiger partial charge < -0.3 is 9.13 Å². The second-order valence-electron chi connectivity index (χ2n) is 10.1. The van der Waals surface area contributed by atoms with Crippen LogP contribution in [0.3, 0.4) is 0 Å². The Morgan fingerprint density at radius 1 is 0.600 bits per heavy atom. The van der Waals surface area contributed by atoms with Crippen molar-refractivity contribution in [2.75, 3.05) is 0 Å². The number of aromatic nitrogens is 2. The smallest absolute Gasteiger partial charge is 0.0596 e. The summed E-state index contributed by atoms with van der Waals surface area (Å²) in [6.45, 7) is 11.3. The molecule has 0 bridgehead atoms. The molecule has 7 rings (SSSR count). The van der Waals surface area contributed by atoms with Crippen LogP contribution in [-0.4, -0.2) is 9.13 Å². The fourth-order valence-corrected chi connectivity index (χ4v) is 7.50. The first-order chi connectivity index (χ1) is 17.2. The SMILES string of the molecule is CCn1c2ccccc2c2c1c1c(c3c4ccccc4n(CC)c32)C(CC)(CC)c2ccccc2-1. The van der Waals surface area contributed by atoms with Crippen LogP contribution >= 0.6 is 0 Å². The van der Waals surface area contributed by atoms with Crippen molar-refractivity contribution in [3.63, 3.8) is 0 Å². The van der Waals surface area contributed by atoms with E-state index < -0.39 is 0 Å². The number of para-hydroxylation sites is 2. The lowest BCUT2D eigenvalue weighted by Gasteiger charge is -2.30. The quantitative estimate of drug-likeness (QED) is 0.250. The van der Waals surface area contributed by atoms with Crippen LogP contribution in [0.4, 0.5) is 0 Å². The third-order valence-corrected chi connectivity index (χ3v) is 8.95. The summed E-state index contributed by atoms with van der Waals surface area (Å²) >= 11 is 0. The van der Waals surface area contributed by atoms with Crippen LogP contribution in [0, 0.1) is 0 Å². The van der Waals surface area contributed by atoms with E-state index >= 15 is 0 Å². The summed E-state index contributed by atoms with van der Waals surface area (Å²) in [4.78, 5) is 0. The maximum atomic E-state index is 2.58. The summed E-state index contributed by atoms with van der Waals surface area (Å²) in [5.41, 5.74) is 11.5. The summed E-state index contributed by atoms with van der Waals surface area (Å²) in [6.07, 6.45) is 2.21. The molecule has 1 aliphatic carbocycles. The zero-order valence-corrected chi connectivity index (χ0v) is 21.2. The van der Waals surface area contributed by atoms with E-state index in [9.17, 15) is 0 Å². The highest BCUT2D eigenvalue weighted by Crippen LogP contribution is 2.59. The molecule has 0 amide bonds. The van der Waals surface area contributed by atoms with Crippen molar-refractivity contribution in [2.45, 2.75) is 59.0 Å². The molecule has 0 spiro atoms. The molecule has 35 heavy (non-hydrogen) atoms. The van der Waals surface area contributed by atoms with Gasteiger partial charge in [0.25, 0.3) is 0 Å². The van der Waals surface area contributed by atoms with Crippen LogP contribution in [-0.2, 0) is 18.5 Å². The Balaban J connectivity index is 1.92. The number of hydrogen-bond donors (Lipinski definition) is 0. The van der Waals surface area contributed by atoms with E-state index in [4.69, 9.17) is 0 Å². The molecule has 174 valence electrons. The largest absolute Gasteiger partial charge is 0.340 e. The summed E-state index contributed by atoms with van der Waals surface area (Å²) in [5, 5.41) is 5.67. The van der Waals surface area contributed by atoms with Crippen LogP contribution in [0.15, 0.2) is 72.8 Å². The molecule has 0 unspecified atom stereocenters. The molecule has 0 aliphatic heterocycles. The molecule has 2 heterocycles. The summed E-state index contributed by atoms with van der Waals surface area (Å²) in [5.74, 6) is 0. The second kappa shape index (κ2) is 7.24. The predicted octanol–water partition coefficient (Wildman–Crippen LogP) is 9.03. The average molecular weight is 457 g/mol. The van der Waals surface area contributed by atoms with Crippen molar-refractivity contribution in [3.8, 4) is 11.1 Å². The van der Waals surface area contributed by atoms with E-state index in [2.05, 4.69) is 110 Å². The molecule has 0 radical (unpaired) electrons.